The molecule has 2 aromatic rings. The average molecular weight is 529 g/mol. The fraction of sp³-hybridized carbons (Fsp3) is 0.417. The van der Waals surface area contributed by atoms with Crippen LogP contribution in [-0.4, -0.2) is 50.5 Å². The van der Waals surface area contributed by atoms with Gasteiger partial charge in [0.15, 0.2) is 0 Å². The quantitative estimate of drug-likeness (QED) is 0.469. The van der Waals surface area contributed by atoms with Crippen molar-refractivity contribution in [1.29, 1.82) is 0 Å². The zero-order valence-corrected chi connectivity index (χ0v) is 22.2. The molecule has 0 unspecified atom stereocenters. The van der Waals surface area contributed by atoms with Crippen LogP contribution in [0.1, 0.15) is 37.8 Å². The van der Waals surface area contributed by atoms with E-state index in [1.54, 1.807) is 56.3 Å². The minimum Gasteiger partial charge on any atom is -0.355 e. The Hall–Kier alpha value is -2.29. The molecule has 0 aliphatic heterocycles. The van der Waals surface area contributed by atoms with Crippen LogP contribution < -0.4 is 9.62 Å². The summed E-state index contributed by atoms with van der Waals surface area (Å²) in [5.41, 5.74) is 1.97. The lowest BCUT2D eigenvalue weighted by atomic mass is 10.1. The van der Waals surface area contributed by atoms with Crippen molar-refractivity contribution in [3.05, 3.63) is 63.6 Å². The van der Waals surface area contributed by atoms with E-state index in [-0.39, 0.29) is 37.7 Å². The maximum absolute atomic E-state index is 13.2. The summed E-state index contributed by atoms with van der Waals surface area (Å²) >= 11 is 12.1. The van der Waals surface area contributed by atoms with Gasteiger partial charge in [-0.2, -0.15) is 0 Å². The van der Waals surface area contributed by atoms with Crippen LogP contribution in [0.3, 0.4) is 0 Å². The molecule has 0 saturated heterocycles. The van der Waals surface area contributed by atoms with Crippen molar-refractivity contribution < 1.29 is 18.0 Å². The van der Waals surface area contributed by atoms with Gasteiger partial charge >= 0.3 is 0 Å². The summed E-state index contributed by atoms with van der Waals surface area (Å²) in [5, 5.41) is 3.79. The number of hydrogen-bond donors (Lipinski definition) is 1. The minimum absolute atomic E-state index is 0.0724. The Morgan fingerprint density at radius 3 is 2.32 bits per heavy atom. The first kappa shape index (κ1) is 28.0. The highest BCUT2D eigenvalue weighted by Gasteiger charge is 2.26. The molecule has 0 fully saturated rings. The van der Waals surface area contributed by atoms with E-state index in [1.165, 1.54) is 9.21 Å². The molecule has 1 N–H and O–H groups in total. The summed E-state index contributed by atoms with van der Waals surface area (Å²) < 4.78 is 26.2. The summed E-state index contributed by atoms with van der Waals surface area (Å²) in [4.78, 5) is 27.2. The molecule has 2 amide bonds. The number of hydrogen-bond acceptors (Lipinski definition) is 4. The number of amides is 2. The van der Waals surface area contributed by atoms with Crippen LogP contribution in [0.15, 0.2) is 42.5 Å². The number of likely N-dealkylation sites (N-methyl/N-ethyl adjacent to an activating group) is 1. The van der Waals surface area contributed by atoms with Crippen LogP contribution in [0.4, 0.5) is 5.69 Å². The van der Waals surface area contributed by atoms with E-state index in [0.29, 0.717) is 27.8 Å². The second kappa shape index (κ2) is 12.4. The minimum atomic E-state index is -3.59. The lowest BCUT2D eigenvalue weighted by Gasteiger charge is -2.29. The van der Waals surface area contributed by atoms with Gasteiger partial charge in [-0.1, -0.05) is 41.4 Å². The van der Waals surface area contributed by atoms with Gasteiger partial charge in [-0.05, 0) is 62.6 Å². The number of carbonyl (C=O) groups excluding carboxylic acids is 2. The molecule has 186 valence electrons. The van der Waals surface area contributed by atoms with Gasteiger partial charge in [0, 0.05) is 36.1 Å². The molecular formula is C24H31Cl2N3O4S. The molecule has 0 heterocycles. The van der Waals surface area contributed by atoms with Crippen molar-refractivity contribution in [3.63, 3.8) is 0 Å². The summed E-state index contributed by atoms with van der Waals surface area (Å²) in [6.07, 6.45) is 1.47. The normalized spacial score (nSPS) is 12.2. The predicted molar refractivity (Wildman–Crippen MR) is 138 cm³/mol. The van der Waals surface area contributed by atoms with E-state index in [2.05, 4.69) is 5.32 Å². The van der Waals surface area contributed by atoms with Crippen molar-refractivity contribution in [2.45, 2.75) is 46.2 Å². The third-order valence-corrected chi connectivity index (χ3v) is 7.29. The van der Waals surface area contributed by atoms with E-state index in [1.807, 2.05) is 6.92 Å². The fourth-order valence-corrected chi connectivity index (χ4v) is 4.85. The van der Waals surface area contributed by atoms with Crippen LogP contribution in [0, 0.1) is 6.92 Å². The van der Waals surface area contributed by atoms with E-state index in [4.69, 9.17) is 23.2 Å². The summed E-state index contributed by atoms with van der Waals surface area (Å²) in [7, 11) is -3.59. The molecular weight excluding hydrogens is 497 g/mol. The van der Waals surface area contributed by atoms with Gasteiger partial charge in [-0.15, -0.1) is 0 Å². The van der Waals surface area contributed by atoms with Crippen molar-refractivity contribution in [2.24, 2.45) is 0 Å². The van der Waals surface area contributed by atoms with Gasteiger partial charge in [-0.25, -0.2) is 8.42 Å². The number of halogens is 2. The van der Waals surface area contributed by atoms with Crippen molar-refractivity contribution in [2.75, 3.05) is 23.7 Å². The van der Waals surface area contributed by atoms with Crippen LogP contribution in [0.5, 0.6) is 0 Å². The van der Waals surface area contributed by atoms with Gasteiger partial charge in [0.2, 0.25) is 21.8 Å². The molecule has 0 aromatic heterocycles. The topological polar surface area (TPSA) is 86.8 Å². The Bertz CT molecular complexity index is 1110. The molecule has 34 heavy (non-hydrogen) atoms. The summed E-state index contributed by atoms with van der Waals surface area (Å²) in [6, 6.07) is 11.5. The van der Waals surface area contributed by atoms with E-state index >= 15 is 0 Å². The molecule has 1 atom stereocenters. The number of sulfonamides is 1. The molecule has 0 spiro atoms. The van der Waals surface area contributed by atoms with E-state index < -0.39 is 16.1 Å². The Morgan fingerprint density at radius 1 is 1.09 bits per heavy atom. The Morgan fingerprint density at radius 2 is 1.74 bits per heavy atom. The molecule has 0 aliphatic rings. The smallest absolute Gasteiger partial charge is 0.242 e. The van der Waals surface area contributed by atoms with Crippen molar-refractivity contribution in [3.8, 4) is 0 Å². The summed E-state index contributed by atoms with van der Waals surface area (Å²) in [5.74, 6) is -0.498. The first-order chi connectivity index (χ1) is 16.0. The lowest BCUT2D eigenvalue weighted by molar-refractivity contribution is -0.140. The third-order valence-electron chi connectivity index (χ3n) is 5.44. The van der Waals surface area contributed by atoms with Crippen LogP contribution >= 0.6 is 23.2 Å². The molecule has 0 radical (unpaired) electrons. The lowest BCUT2D eigenvalue weighted by Crippen LogP contribution is -2.47. The van der Waals surface area contributed by atoms with E-state index in [0.717, 1.165) is 11.8 Å². The molecule has 0 saturated carbocycles. The molecule has 0 bridgehead atoms. The highest BCUT2D eigenvalue weighted by Crippen LogP contribution is 2.28. The number of rotatable bonds is 11. The molecule has 7 nitrogen and oxygen atoms in total. The standard InChI is InChI=1S/C24H31Cl2N3O4S/c1-5-27-24(31)18(3)28(16-19-11-13-20(25)14-12-19)23(30)10-7-15-29(34(4,32)33)22-9-6-8-21(26)17(22)2/h6,8-9,11-14,18H,5,7,10,15-16H2,1-4H3,(H,27,31)/t18-/m0/s1. The van der Waals surface area contributed by atoms with E-state index in [9.17, 15) is 18.0 Å². The first-order valence-electron chi connectivity index (χ1n) is 11.0. The fourth-order valence-electron chi connectivity index (χ4n) is 3.54. The average Bonchev–Trinajstić information content (AvgIpc) is 2.77. The van der Waals surface area contributed by atoms with Crippen LogP contribution in [0.2, 0.25) is 10.0 Å². The highest BCUT2D eigenvalue weighted by atomic mass is 35.5. The largest absolute Gasteiger partial charge is 0.355 e. The van der Waals surface area contributed by atoms with Gasteiger partial charge < -0.3 is 10.2 Å². The Balaban J connectivity index is 2.18. The van der Waals surface area contributed by atoms with Crippen molar-refractivity contribution >= 4 is 50.7 Å². The third kappa shape index (κ3) is 7.61. The summed E-state index contributed by atoms with van der Waals surface area (Å²) in [6.45, 7) is 6.04. The number of anilines is 1. The molecule has 0 aliphatic carbocycles. The Labute approximate surface area is 212 Å². The Kier molecular flexibility index (Phi) is 10.2. The maximum Gasteiger partial charge on any atom is 0.242 e. The SMILES string of the molecule is CCNC(=O)[C@H](C)N(Cc1ccc(Cl)cc1)C(=O)CCCN(c1cccc(Cl)c1C)S(C)(=O)=O. The number of carbonyl (C=O) groups is 2. The zero-order valence-electron chi connectivity index (χ0n) is 19.8. The van der Waals surface area contributed by atoms with Gasteiger partial charge in [0.25, 0.3) is 0 Å². The van der Waals surface area contributed by atoms with Crippen LogP contribution in [-0.2, 0) is 26.2 Å². The second-order valence-corrected chi connectivity index (χ2v) is 10.8. The number of nitrogens with one attached hydrogen (secondary N) is 1. The molecule has 10 heteroatoms. The first-order valence-corrected chi connectivity index (χ1v) is 13.6. The van der Waals surface area contributed by atoms with Gasteiger partial charge in [0.05, 0.1) is 11.9 Å². The van der Waals surface area contributed by atoms with Gasteiger partial charge in [-0.3, -0.25) is 13.9 Å². The molecule has 2 rings (SSSR count). The zero-order chi connectivity index (χ0) is 25.5. The number of nitrogens with zero attached hydrogens (tertiary/aromatic N) is 2. The van der Waals surface area contributed by atoms with Crippen molar-refractivity contribution in [1.82, 2.24) is 10.2 Å². The monoisotopic (exact) mass is 527 g/mol. The highest BCUT2D eigenvalue weighted by molar-refractivity contribution is 7.92. The second-order valence-electron chi connectivity index (χ2n) is 8.04. The predicted octanol–water partition coefficient (Wildman–Crippen LogP) is 4.40. The van der Waals surface area contributed by atoms with Gasteiger partial charge in [0.1, 0.15) is 6.04 Å². The maximum atomic E-state index is 13.2. The van der Waals surface area contributed by atoms with Crippen LogP contribution in [0.25, 0.3) is 0 Å². The molecule has 2 aromatic carbocycles. The number of benzene rings is 2.